The van der Waals surface area contributed by atoms with E-state index >= 15 is 4.39 Å². The number of ether oxygens (including phenoxy) is 1. The van der Waals surface area contributed by atoms with Crippen LogP contribution in [0, 0.1) is 5.82 Å². The molecule has 1 aliphatic carbocycles. The van der Waals surface area contributed by atoms with E-state index in [0.717, 1.165) is 0 Å². The van der Waals surface area contributed by atoms with Crippen LogP contribution in [0.3, 0.4) is 0 Å². The van der Waals surface area contributed by atoms with Crippen LogP contribution in [0.1, 0.15) is 58.8 Å². The van der Waals surface area contributed by atoms with E-state index in [1.807, 2.05) is 13.8 Å². The molecule has 1 saturated carbocycles. The average Bonchev–Trinajstić information content (AvgIpc) is 3.56. The number of fused-ring (bicyclic) bond motifs is 3. The fourth-order valence-corrected chi connectivity index (χ4v) is 8.11. The van der Waals surface area contributed by atoms with Crippen LogP contribution in [0.2, 0.25) is 5.02 Å². The number of imidazole rings is 1. The Labute approximate surface area is 236 Å². The first-order valence-corrected chi connectivity index (χ1v) is 15.3. The van der Waals surface area contributed by atoms with Gasteiger partial charge < -0.3 is 24.8 Å². The van der Waals surface area contributed by atoms with Crippen LogP contribution in [0.15, 0.2) is 18.3 Å². The Bertz CT molecular complexity index is 1590. The van der Waals surface area contributed by atoms with Crippen LogP contribution < -0.4 is 5.32 Å². The Kier molecular flexibility index (Phi) is 6.63. The molecular weight excluding hydrogens is 563 g/mol. The van der Waals surface area contributed by atoms with Crippen molar-refractivity contribution in [2.45, 2.75) is 88.3 Å². The molecule has 0 radical (unpaired) electrons. The quantitative estimate of drug-likeness (QED) is 0.353. The number of piperidine rings is 1. The number of hydrogen-bond donors (Lipinski definition) is 3. The zero-order valence-electron chi connectivity index (χ0n) is 22.6. The largest absolute Gasteiger partial charge is 0.415 e. The summed E-state index contributed by atoms with van der Waals surface area (Å²) in [5.74, 6) is -0.0791. The number of anilines is 1. The SMILES string of the molecule is CC(C)n1c(C(C)(C)O)nc2c(F)cc(-c3nc(N[C@@H]4C[C@H]5C[OH+][C@@H]([C@H]4O)N5S(=O)(=O)C4CC4)ncc3Cl)cc21. The predicted octanol–water partition coefficient (Wildman–Crippen LogP) is 2.67. The van der Waals surface area contributed by atoms with Gasteiger partial charge in [0.2, 0.25) is 16.0 Å². The number of nitrogens with one attached hydrogen (secondary N) is 1. The molecule has 6 rings (SSSR count). The van der Waals surface area contributed by atoms with Crippen molar-refractivity contribution in [2.24, 2.45) is 0 Å². The van der Waals surface area contributed by atoms with E-state index in [2.05, 4.69) is 25.0 Å². The van der Waals surface area contributed by atoms with Gasteiger partial charge in [-0.1, -0.05) is 11.6 Å². The van der Waals surface area contributed by atoms with Gasteiger partial charge in [0, 0.05) is 11.6 Å². The van der Waals surface area contributed by atoms with Gasteiger partial charge in [0.1, 0.15) is 23.0 Å². The summed E-state index contributed by atoms with van der Waals surface area (Å²) in [6.07, 6.45) is 1.06. The van der Waals surface area contributed by atoms with Crippen LogP contribution in [0.4, 0.5) is 10.3 Å². The maximum Gasteiger partial charge on any atom is 0.256 e. The Morgan fingerprint density at radius 3 is 2.62 bits per heavy atom. The number of aliphatic hydroxyl groups excluding tert-OH is 1. The highest BCUT2D eigenvalue weighted by atomic mass is 35.5. The van der Waals surface area contributed by atoms with Crippen molar-refractivity contribution in [3.05, 3.63) is 35.0 Å². The summed E-state index contributed by atoms with van der Waals surface area (Å²) in [7, 11) is -3.50. The van der Waals surface area contributed by atoms with Crippen molar-refractivity contribution in [1.29, 1.82) is 0 Å². The maximum absolute atomic E-state index is 15.4. The lowest BCUT2D eigenvalue weighted by Gasteiger charge is -2.36. The van der Waals surface area contributed by atoms with Crippen molar-refractivity contribution < 1.29 is 27.8 Å². The number of sulfonamides is 1. The lowest BCUT2D eigenvalue weighted by molar-refractivity contribution is -0.147. The van der Waals surface area contributed by atoms with Crippen molar-refractivity contribution in [2.75, 3.05) is 11.9 Å². The van der Waals surface area contributed by atoms with Gasteiger partial charge in [-0.3, -0.25) is 0 Å². The van der Waals surface area contributed by atoms with Crippen molar-refractivity contribution in [1.82, 2.24) is 23.8 Å². The summed E-state index contributed by atoms with van der Waals surface area (Å²) in [4.78, 5) is 13.2. The highest BCUT2D eigenvalue weighted by Gasteiger charge is 2.59. The van der Waals surface area contributed by atoms with E-state index in [9.17, 15) is 18.6 Å². The van der Waals surface area contributed by atoms with Gasteiger partial charge in [-0.05, 0) is 59.1 Å². The van der Waals surface area contributed by atoms with Gasteiger partial charge in [-0.2, -0.15) is 0 Å². The van der Waals surface area contributed by atoms with E-state index in [0.29, 0.717) is 42.8 Å². The van der Waals surface area contributed by atoms with Crippen molar-refractivity contribution >= 4 is 38.6 Å². The Morgan fingerprint density at radius 2 is 1.98 bits per heavy atom. The van der Waals surface area contributed by atoms with E-state index in [-0.39, 0.29) is 39.5 Å². The molecule has 4 N–H and O–H groups in total. The van der Waals surface area contributed by atoms with Crippen LogP contribution in [0.5, 0.6) is 0 Å². The normalized spacial score (nSPS) is 25.7. The van der Waals surface area contributed by atoms with Crippen LogP contribution in [-0.2, 0) is 15.6 Å². The molecule has 2 aliphatic heterocycles. The molecule has 3 fully saturated rings. The van der Waals surface area contributed by atoms with E-state index in [1.54, 1.807) is 24.5 Å². The third-order valence-electron chi connectivity index (χ3n) is 7.75. The molecule has 2 aromatic heterocycles. The Balaban J connectivity index is 1.32. The molecule has 0 unspecified atom stereocenters. The number of benzene rings is 1. The number of nitrogens with zero attached hydrogens (tertiary/aromatic N) is 5. The third kappa shape index (κ3) is 4.56. The lowest BCUT2D eigenvalue weighted by atomic mass is 9.98. The lowest BCUT2D eigenvalue weighted by Crippen LogP contribution is -2.59. The van der Waals surface area contributed by atoms with Gasteiger partial charge in [-0.25, -0.2) is 27.8 Å². The number of aromatic nitrogens is 4. The summed E-state index contributed by atoms with van der Waals surface area (Å²) in [5, 5.41) is 24.7. The number of aliphatic hydroxyl groups is 4. The van der Waals surface area contributed by atoms with Gasteiger partial charge in [-0.15, -0.1) is 4.31 Å². The number of rotatable bonds is 7. The molecule has 11 nitrogen and oxygen atoms in total. The second kappa shape index (κ2) is 9.57. The second-order valence-electron chi connectivity index (χ2n) is 11.7. The monoisotopic (exact) mass is 595 g/mol. The summed E-state index contributed by atoms with van der Waals surface area (Å²) >= 11 is 6.47. The maximum atomic E-state index is 15.4. The summed E-state index contributed by atoms with van der Waals surface area (Å²) in [6.45, 7) is 7.38. The molecule has 14 heteroatoms. The summed E-state index contributed by atoms with van der Waals surface area (Å²) in [6, 6.07) is 2.02. The highest BCUT2D eigenvalue weighted by Crippen LogP contribution is 2.40. The fraction of sp³-hybridized carbons (Fsp3) is 0.577. The standard InChI is InChI=1S/C26H32ClFN6O5S/c1-12(2)33-19-8-13(7-17(28)21(19)31-24(33)26(3,4)36)20-16(27)10-29-25(32-20)30-18-9-14-11-39-23(22(18)35)34(14)40(37,38)15-5-6-15/h7-8,10,12,14-15,18,22-23,35-36H,5-6,9,11H2,1-4H3,(H,29,30,32)/p+1/t14-,18+,22-,23-/m0/s1. The van der Waals surface area contributed by atoms with Crippen molar-refractivity contribution in [3.63, 3.8) is 0 Å². The van der Waals surface area contributed by atoms with Gasteiger partial charge >= 0.3 is 0 Å². The zero-order valence-corrected chi connectivity index (χ0v) is 24.2. The van der Waals surface area contributed by atoms with Gasteiger partial charge in [0.15, 0.2) is 18.5 Å². The molecule has 1 aromatic carbocycles. The number of halogens is 2. The summed E-state index contributed by atoms with van der Waals surface area (Å²) in [5.41, 5.74) is -0.000152. The summed E-state index contributed by atoms with van der Waals surface area (Å²) < 4.78 is 48.8. The zero-order chi connectivity index (χ0) is 28.7. The molecule has 3 aliphatic rings. The molecule has 40 heavy (non-hydrogen) atoms. The van der Waals surface area contributed by atoms with E-state index < -0.39 is 39.8 Å². The molecule has 3 aromatic rings. The molecular formula is C26H33ClFN6O5S+. The second-order valence-corrected chi connectivity index (χ2v) is 14.2. The molecule has 2 saturated heterocycles. The Hall–Kier alpha value is -2.42. The average molecular weight is 596 g/mol. The minimum Gasteiger partial charge on any atom is -0.415 e. The predicted molar refractivity (Wildman–Crippen MR) is 148 cm³/mol. The van der Waals surface area contributed by atoms with E-state index in [4.69, 9.17) is 11.6 Å². The minimum atomic E-state index is -3.50. The first kappa shape index (κ1) is 27.7. The van der Waals surface area contributed by atoms with Crippen molar-refractivity contribution in [3.8, 4) is 11.3 Å². The highest BCUT2D eigenvalue weighted by molar-refractivity contribution is 7.90. The molecule has 2 bridgehead atoms. The minimum absolute atomic E-state index is 0.115. The molecule has 4 atom stereocenters. The smallest absolute Gasteiger partial charge is 0.256 e. The molecule has 0 spiro atoms. The molecule has 4 heterocycles. The van der Waals surface area contributed by atoms with Crippen LogP contribution in [-0.4, -0.2) is 83.5 Å². The van der Waals surface area contributed by atoms with E-state index in [1.165, 1.54) is 16.6 Å². The molecule has 0 amide bonds. The third-order valence-corrected chi connectivity index (χ3v) is 10.4. The van der Waals surface area contributed by atoms with Gasteiger partial charge in [0.05, 0.1) is 33.7 Å². The first-order chi connectivity index (χ1) is 18.8. The first-order valence-electron chi connectivity index (χ1n) is 13.4. The topological polar surface area (TPSA) is 146 Å². The Morgan fingerprint density at radius 1 is 1.25 bits per heavy atom. The number of hydrogen-bond acceptors (Lipinski definition) is 8. The van der Waals surface area contributed by atoms with Gasteiger partial charge in [0.25, 0.3) is 6.23 Å². The van der Waals surface area contributed by atoms with Crippen LogP contribution >= 0.6 is 11.6 Å². The molecule has 216 valence electrons. The van der Waals surface area contributed by atoms with Crippen LogP contribution in [0.25, 0.3) is 22.3 Å². The fourth-order valence-electron chi connectivity index (χ4n) is 5.77.